The summed E-state index contributed by atoms with van der Waals surface area (Å²) in [7, 11) is 1.44. The molecule has 0 bridgehead atoms. The molecule has 74 valence electrons. The Morgan fingerprint density at radius 3 is 2.64 bits per heavy atom. The molecule has 5 nitrogen and oxygen atoms in total. The second-order valence-corrected chi connectivity index (χ2v) is 2.29. The summed E-state index contributed by atoms with van der Waals surface area (Å²) in [4.78, 5) is 13.4. The van der Waals surface area contributed by atoms with Crippen molar-refractivity contribution in [3.8, 4) is 5.75 Å². The van der Waals surface area contributed by atoms with Gasteiger partial charge < -0.3 is 22.3 Å². The molecule has 0 amide bonds. The van der Waals surface area contributed by atoms with E-state index in [1.165, 1.54) is 25.3 Å². The molecule has 0 spiro atoms. The standard InChI is InChI=1S/C8H6N2O3.ClH/c1-13-5-2-3-6(8(11)12)7(4-5)10-9;/h2-4H,1H3;1H. The second-order valence-electron chi connectivity index (χ2n) is 2.29. The highest BCUT2D eigenvalue weighted by Crippen LogP contribution is 2.24. The molecule has 0 aliphatic rings. The number of methoxy groups -OCH3 is 1. The van der Waals surface area contributed by atoms with Crippen LogP contribution >= 0.6 is 0 Å². The van der Waals surface area contributed by atoms with Gasteiger partial charge in [0.05, 0.1) is 13.2 Å². The molecule has 0 aliphatic carbocycles. The number of rotatable bonds is 2. The average Bonchev–Trinajstić information content (AvgIpc) is 2.16. The molecule has 14 heavy (non-hydrogen) atoms. The van der Waals surface area contributed by atoms with Gasteiger partial charge in [0.1, 0.15) is 5.75 Å². The van der Waals surface area contributed by atoms with E-state index in [-0.39, 0.29) is 23.7 Å². The van der Waals surface area contributed by atoms with Gasteiger partial charge in [-0.3, -0.25) is 0 Å². The molecular weight excluding hydrogens is 208 g/mol. The van der Waals surface area contributed by atoms with E-state index in [9.17, 15) is 4.79 Å². The summed E-state index contributed by atoms with van der Waals surface area (Å²) in [6.45, 7) is 0. The van der Waals surface area contributed by atoms with Crippen LogP contribution in [0.2, 0.25) is 0 Å². The molecule has 0 fully saturated rings. The zero-order chi connectivity index (χ0) is 9.84. The van der Waals surface area contributed by atoms with Crippen LogP contribution < -0.4 is 17.1 Å². The second kappa shape index (κ2) is 5.04. The number of hydrogen-bond donors (Lipinski definition) is 1. The minimum atomic E-state index is -1.14. The van der Waals surface area contributed by atoms with Crippen molar-refractivity contribution in [1.82, 2.24) is 0 Å². The van der Waals surface area contributed by atoms with E-state index in [2.05, 4.69) is 4.98 Å². The summed E-state index contributed by atoms with van der Waals surface area (Å²) in [5.74, 6) is -0.701. The highest BCUT2D eigenvalue weighted by molar-refractivity contribution is 5.94. The van der Waals surface area contributed by atoms with Gasteiger partial charge >= 0.3 is 11.7 Å². The van der Waals surface area contributed by atoms with Gasteiger partial charge in [-0.2, -0.15) is 0 Å². The Labute approximate surface area is 86.3 Å². The third-order valence-electron chi connectivity index (χ3n) is 1.54. The number of nitrogens with zero attached hydrogens (tertiary/aromatic N) is 2. The third kappa shape index (κ3) is 2.34. The lowest BCUT2D eigenvalue weighted by Crippen LogP contribution is -3.00. The largest absolute Gasteiger partial charge is 1.00 e. The van der Waals surface area contributed by atoms with Crippen molar-refractivity contribution in [1.29, 1.82) is 5.39 Å². The van der Waals surface area contributed by atoms with Crippen LogP contribution in [0.4, 0.5) is 5.69 Å². The van der Waals surface area contributed by atoms with Gasteiger partial charge in [-0.25, -0.2) is 4.79 Å². The first-order valence-electron chi connectivity index (χ1n) is 3.45. The summed E-state index contributed by atoms with van der Waals surface area (Å²) in [5, 5.41) is 17.1. The molecule has 0 aromatic heterocycles. The Morgan fingerprint density at radius 2 is 2.21 bits per heavy atom. The molecule has 0 radical (unpaired) electrons. The Morgan fingerprint density at radius 1 is 1.57 bits per heavy atom. The van der Waals surface area contributed by atoms with Crippen LogP contribution in [0, 0.1) is 5.39 Å². The number of carboxylic acids is 1. The van der Waals surface area contributed by atoms with E-state index in [4.69, 9.17) is 15.2 Å². The first kappa shape index (κ1) is 12.2. The number of aromatic carboxylic acids is 1. The number of halogens is 1. The molecule has 0 saturated carbocycles. The van der Waals surface area contributed by atoms with Gasteiger partial charge in [0.2, 0.25) is 5.39 Å². The lowest BCUT2D eigenvalue weighted by atomic mass is 10.2. The van der Waals surface area contributed by atoms with Crippen LogP contribution in [0.3, 0.4) is 0 Å². The lowest BCUT2D eigenvalue weighted by molar-refractivity contribution is -0.0000189. The molecule has 0 saturated heterocycles. The first-order chi connectivity index (χ1) is 6.19. The van der Waals surface area contributed by atoms with Gasteiger partial charge in [-0.05, 0) is 12.1 Å². The predicted molar refractivity (Wildman–Crippen MR) is 44.7 cm³/mol. The van der Waals surface area contributed by atoms with Crippen LogP contribution in [-0.2, 0) is 0 Å². The minimum absolute atomic E-state index is 0. The number of hydrogen-bond acceptors (Lipinski definition) is 3. The van der Waals surface area contributed by atoms with Gasteiger partial charge in [0.15, 0.2) is 10.5 Å². The zero-order valence-corrected chi connectivity index (χ0v) is 8.02. The van der Waals surface area contributed by atoms with Gasteiger partial charge in [-0.1, -0.05) is 0 Å². The first-order valence-corrected chi connectivity index (χ1v) is 3.45. The Hall–Kier alpha value is -1.80. The highest BCUT2D eigenvalue weighted by atomic mass is 35.5. The minimum Gasteiger partial charge on any atom is -1.00 e. The number of carbonyl (C=O) groups is 1. The summed E-state index contributed by atoms with van der Waals surface area (Å²) in [6, 6.07) is 4.14. The fraction of sp³-hybridized carbons (Fsp3) is 0.125. The highest BCUT2D eigenvalue weighted by Gasteiger charge is 2.20. The molecule has 6 heteroatoms. The summed E-state index contributed by atoms with van der Waals surface area (Å²) >= 11 is 0. The number of ether oxygens (including phenoxy) is 1. The van der Waals surface area contributed by atoms with E-state index >= 15 is 0 Å². The molecule has 1 N–H and O–H groups in total. The van der Waals surface area contributed by atoms with E-state index < -0.39 is 5.97 Å². The summed E-state index contributed by atoms with van der Waals surface area (Å²) in [6.07, 6.45) is 0. The van der Waals surface area contributed by atoms with Crippen LogP contribution in [0.15, 0.2) is 18.2 Å². The van der Waals surface area contributed by atoms with Crippen LogP contribution in [0.5, 0.6) is 5.75 Å². The van der Waals surface area contributed by atoms with Crippen LogP contribution in [0.1, 0.15) is 10.4 Å². The quantitative estimate of drug-likeness (QED) is 0.633. The van der Waals surface area contributed by atoms with E-state index in [0.717, 1.165) is 0 Å². The topological polar surface area (TPSA) is 74.7 Å². The number of benzene rings is 1. The van der Waals surface area contributed by atoms with Crippen molar-refractivity contribution in [3.63, 3.8) is 0 Å². The fourth-order valence-corrected chi connectivity index (χ4v) is 0.902. The molecule has 0 atom stereocenters. The fourth-order valence-electron chi connectivity index (χ4n) is 0.902. The average molecular weight is 215 g/mol. The molecule has 1 rings (SSSR count). The smallest absolute Gasteiger partial charge is 0.403 e. The van der Waals surface area contributed by atoms with Gasteiger partial charge in [-0.15, -0.1) is 0 Å². The maximum Gasteiger partial charge on any atom is 0.403 e. The lowest BCUT2D eigenvalue weighted by Gasteiger charge is -1.96. The van der Waals surface area contributed by atoms with Crippen LogP contribution in [-0.4, -0.2) is 18.2 Å². The van der Waals surface area contributed by atoms with Crippen molar-refractivity contribution in [3.05, 3.63) is 28.7 Å². The molecule has 0 heterocycles. The van der Waals surface area contributed by atoms with Crippen LogP contribution in [0.25, 0.3) is 4.98 Å². The van der Waals surface area contributed by atoms with Crippen molar-refractivity contribution in [2.45, 2.75) is 0 Å². The Kier molecular flexibility index (Phi) is 4.40. The van der Waals surface area contributed by atoms with Crippen molar-refractivity contribution < 1.29 is 27.0 Å². The maximum atomic E-state index is 10.6. The molecule has 1 aromatic rings. The summed E-state index contributed by atoms with van der Waals surface area (Å²) in [5.41, 5.74) is -0.0878. The molecule has 1 aromatic carbocycles. The zero-order valence-electron chi connectivity index (χ0n) is 7.27. The van der Waals surface area contributed by atoms with E-state index in [1.54, 1.807) is 0 Å². The number of diazo groups is 1. The molecular formula is C8H7ClN2O3. The Balaban J connectivity index is 0.00000169. The predicted octanol–water partition coefficient (Wildman–Crippen LogP) is -1.12. The van der Waals surface area contributed by atoms with Gasteiger partial charge in [0, 0.05) is 0 Å². The van der Waals surface area contributed by atoms with Crippen molar-refractivity contribution >= 4 is 11.7 Å². The summed E-state index contributed by atoms with van der Waals surface area (Å²) < 4.78 is 4.83. The van der Waals surface area contributed by atoms with Gasteiger partial charge in [0.25, 0.3) is 0 Å². The monoisotopic (exact) mass is 214 g/mol. The van der Waals surface area contributed by atoms with E-state index in [1.807, 2.05) is 0 Å². The maximum absolute atomic E-state index is 10.6. The molecule has 0 aliphatic heterocycles. The Bertz CT molecular complexity index is 387. The normalized spacial score (nSPS) is 8.29. The van der Waals surface area contributed by atoms with Crippen molar-refractivity contribution in [2.24, 2.45) is 0 Å². The molecule has 0 unspecified atom stereocenters. The number of carboxylic acid groups (broad SMARTS) is 1. The third-order valence-corrected chi connectivity index (χ3v) is 1.54. The SMILES string of the molecule is COc1ccc(C(=O)O)c([N+]#N)c1.[Cl-]. The van der Waals surface area contributed by atoms with E-state index in [0.29, 0.717) is 5.75 Å². The van der Waals surface area contributed by atoms with Crippen molar-refractivity contribution in [2.75, 3.05) is 7.11 Å².